The highest BCUT2D eigenvalue weighted by molar-refractivity contribution is 6.27. The Morgan fingerprint density at radius 3 is 2.50 bits per heavy atom. The summed E-state index contributed by atoms with van der Waals surface area (Å²) in [6.45, 7) is -1.81. The third-order valence-electron chi connectivity index (χ3n) is 4.61. The first-order valence-electron chi connectivity index (χ1n) is 6.96. The molecule has 11 heteroatoms. The van der Waals surface area contributed by atoms with Crippen LogP contribution in [0.25, 0.3) is 0 Å². The molecule has 0 aromatic heterocycles. The second-order valence-corrected chi connectivity index (χ2v) is 5.90. The number of hydrogen-bond donors (Lipinski definition) is 0. The maximum atomic E-state index is 12.2. The number of alkyl halides is 3. The molecular weight excluding hydrogens is 341 g/mol. The number of carboxylic acid groups (broad SMARTS) is 1. The Bertz CT molecular complexity index is 615. The van der Waals surface area contributed by atoms with Gasteiger partial charge < -0.3 is 24.1 Å². The summed E-state index contributed by atoms with van der Waals surface area (Å²) < 4.78 is 50.4. The fourth-order valence-electron chi connectivity index (χ4n) is 3.89. The molecule has 2 bridgehead atoms. The number of hydrogen-bond acceptors (Lipinski definition) is 8. The van der Waals surface area contributed by atoms with Crippen molar-refractivity contribution in [3.63, 3.8) is 0 Å². The van der Waals surface area contributed by atoms with Crippen LogP contribution in [0.3, 0.4) is 0 Å². The molecule has 1 aliphatic heterocycles. The Hall–Kier alpha value is -2.33. The van der Waals surface area contributed by atoms with Gasteiger partial charge in [-0.15, -0.1) is 0 Å². The average Bonchev–Trinajstić information content (AvgIpc) is 3.06. The highest BCUT2D eigenvalue weighted by Crippen LogP contribution is 2.59. The van der Waals surface area contributed by atoms with Crippen LogP contribution in [0.4, 0.5) is 13.2 Å². The van der Waals surface area contributed by atoms with E-state index in [2.05, 4.69) is 4.74 Å². The van der Waals surface area contributed by atoms with E-state index in [1.807, 2.05) is 0 Å². The van der Waals surface area contributed by atoms with Crippen molar-refractivity contribution in [2.75, 3.05) is 6.61 Å². The van der Waals surface area contributed by atoms with Gasteiger partial charge in [-0.3, -0.25) is 9.59 Å². The van der Waals surface area contributed by atoms with Crippen LogP contribution >= 0.6 is 0 Å². The van der Waals surface area contributed by atoms with Crippen molar-refractivity contribution in [1.29, 1.82) is 0 Å². The first-order valence-corrected chi connectivity index (χ1v) is 6.96. The van der Waals surface area contributed by atoms with Crippen molar-refractivity contribution < 1.29 is 51.7 Å². The van der Waals surface area contributed by atoms with E-state index >= 15 is 0 Å². The highest BCUT2D eigenvalue weighted by atomic mass is 19.4. The van der Waals surface area contributed by atoms with Crippen molar-refractivity contribution in [3.8, 4) is 0 Å². The second-order valence-electron chi connectivity index (χ2n) is 5.90. The summed E-state index contributed by atoms with van der Waals surface area (Å²) in [6.07, 6.45) is -6.70. The van der Waals surface area contributed by atoms with E-state index in [4.69, 9.17) is 9.47 Å². The third kappa shape index (κ3) is 2.57. The molecule has 2 saturated carbocycles. The molecule has 0 radical (unpaired) electrons. The summed E-state index contributed by atoms with van der Waals surface area (Å²) in [5, 5.41) is 10.5. The zero-order chi connectivity index (χ0) is 17.8. The van der Waals surface area contributed by atoms with Gasteiger partial charge in [0.2, 0.25) is 0 Å². The molecule has 3 aliphatic rings. The van der Waals surface area contributed by atoms with Crippen molar-refractivity contribution in [3.05, 3.63) is 0 Å². The SMILES string of the molecule is O=C([O-])C(=O)OC1C2CC3C1OC(=O)C3C2C(=O)OCC(F)(F)F. The van der Waals surface area contributed by atoms with Gasteiger partial charge in [-0.25, -0.2) is 4.79 Å². The first-order chi connectivity index (χ1) is 11.1. The molecule has 3 rings (SSSR count). The average molecular weight is 351 g/mol. The van der Waals surface area contributed by atoms with Crippen LogP contribution in [-0.2, 0) is 33.4 Å². The van der Waals surface area contributed by atoms with Gasteiger partial charge in [0, 0.05) is 11.8 Å². The van der Waals surface area contributed by atoms with Crippen molar-refractivity contribution >= 4 is 23.9 Å². The van der Waals surface area contributed by atoms with E-state index in [0.717, 1.165) is 0 Å². The molecule has 3 fully saturated rings. The van der Waals surface area contributed by atoms with Gasteiger partial charge in [0.05, 0.1) is 11.8 Å². The molecule has 2 aliphatic carbocycles. The van der Waals surface area contributed by atoms with Crippen LogP contribution in [0.2, 0.25) is 0 Å². The van der Waals surface area contributed by atoms with Crippen LogP contribution in [0.1, 0.15) is 6.42 Å². The summed E-state index contributed by atoms with van der Waals surface area (Å²) in [4.78, 5) is 45.5. The first kappa shape index (κ1) is 16.5. The fraction of sp³-hybridized carbons (Fsp3) is 0.692. The number of esters is 3. The number of ether oxygens (including phenoxy) is 3. The third-order valence-corrected chi connectivity index (χ3v) is 4.61. The van der Waals surface area contributed by atoms with E-state index in [1.54, 1.807) is 0 Å². The lowest BCUT2D eigenvalue weighted by Gasteiger charge is -2.30. The monoisotopic (exact) mass is 351 g/mol. The minimum Gasteiger partial charge on any atom is -0.539 e. The normalized spacial score (nSPS) is 36.4. The van der Waals surface area contributed by atoms with E-state index in [9.17, 15) is 37.5 Å². The summed E-state index contributed by atoms with van der Waals surface area (Å²) in [5.74, 6) is -9.50. The number of aliphatic carboxylic acids is 1. The summed E-state index contributed by atoms with van der Waals surface area (Å²) in [7, 11) is 0. The Morgan fingerprint density at radius 1 is 1.25 bits per heavy atom. The van der Waals surface area contributed by atoms with Crippen molar-refractivity contribution in [2.24, 2.45) is 23.7 Å². The van der Waals surface area contributed by atoms with E-state index < -0.39 is 72.5 Å². The second kappa shape index (κ2) is 5.35. The van der Waals surface area contributed by atoms with Gasteiger partial charge in [0.25, 0.3) is 0 Å². The van der Waals surface area contributed by atoms with Gasteiger partial charge >= 0.3 is 24.1 Å². The topological polar surface area (TPSA) is 119 Å². The largest absolute Gasteiger partial charge is 0.539 e. The zero-order valence-electron chi connectivity index (χ0n) is 11.8. The number of carbonyl (C=O) groups is 4. The number of carbonyl (C=O) groups excluding carboxylic acids is 4. The Balaban J connectivity index is 1.78. The molecule has 0 aromatic rings. The van der Waals surface area contributed by atoms with E-state index in [-0.39, 0.29) is 6.42 Å². The zero-order valence-corrected chi connectivity index (χ0v) is 11.8. The van der Waals surface area contributed by atoms with E-state index in [0.29, 0.717) is 0 Å². The smallest absolute Gasteiger partial charge is 0.422 e. The van der Waals surface area contributed by atoms with Crippen LogP contribution in [0.15, 0.2) is 0 Å². The van der Waals surface area contributed by atoms with Gasteiger partial charge in [-0.1, -0.05) is 0 Å². The predicted molar refractivity (Wildman–Crippen MR) is 60.4 cm³/mol. The number of rotatable bonds is 3. The molecule has 24 heavy (non-hydrogen) atoms. The molecule has 0 N–H and O–H groups in total. The molecule has 0 amide bonds. The molecule has 132 valence electrons. The molecule has 1 saturated heterocycles. The quantitative estimate of drug-likeness (QED) is 0.345. The van der Waals surface area contributed by atoms with E-state index in [1.165, 1.54) is 0 Å². The van der Waals surface area contributed by atoms with Gasteiger partial charge in [0.1, 0.15) is 12.2 Å². The lowest BCUT2D eigenvalue weighted by Crippen LogP contribution is -2.46. The van der Waals surface area contributed by atoms with Gasteiger partial charge in [0.15, 0.2) is 12.6 Å². The number of fused-ring (bicyclic) bond motifs is 1. The molecular formula is C13H10F3O8-. The maximum Gasteiger partial charge on any atom is 0.422 e. The van der Waals surface area contributed by atoms with Crippen molar-refractivity contribution in [1.82, 2.24) is 0 Å². The predicted octanol–water partition coefficient (Wildman–Crippen LogP) is -1.44. The summed E-state index contributed by atoms with van der Waals surface area (Å²) >= 11 is 0. The van der Waals surface area contributed by atoms with Crippen LogP contribution in [0, 0.1) is 23.7 Å². The van der Waals surface area contributed by atoms with Gasteiger partial charge in [-0.05, 0) is 6.42 Å². The number of carboxylic acids is 1. The summed E-state index contributed by atoms with van der Waals surface area (Å²) in [5.41, 5.74) is 0. The van der Waals surface area contributed by atoms with Crippen LogP contribution < -0.4 is 5.11 Å². The van der Waals surface area contributed by atoms with Crippen molar-refractivity contribution in [2.45, 2.75) is 24.8 Å². The summed E-state index contributed by atoms with van der Waals surface area (Å²) in [6, 6.07) is 0. The van der Waals surface area contributed by atoms with Gasteiger partial charge in [-0.2, -0.15) is 13.2 Å². The molecule has 6 atom stereocenters. The molecule has 1 heterocycles. The molecule has 6 unspecified atom stereocenters. The Morgan fingerprint density at radius 2 is 1.92 bits per heavy atom. The molecule has 0 aromatic carbocycles. The fourth-order valence-corrected chi connectivity index (χ4v) is 3.89. The molecule has 0 spiro atoms. The Kier molecular flexibility index (Phi) is 3.68. The van der Waals surface area contributed by atoms with Crippen LogP contribution in [0.5, 0.6) is 0 Å². The highest BCUT2D eigenvalue weighted by Gasteiger charge is 2.70. The Labute approximate surface area is 131 Å². The molecule has 8 nitrogen and oxygen atoms in total. The lowest BCUT2D eigenvalue weighted by molar-refractivity contribution is -0.304. The van der Waals surface area contributed by atoms with Crippen LogP contribution in [-0.4, -0.2) is 48.9 Å². The number of halogens is 3. The minimum atomic E-state index is -4.73. The minimum absolute atomic E-state index is 0.178. The maximum absolute atomic E-state index is 12.2. The standard InChI is InChI=1S/C13H11F3O8/c14-13(15,16)2-22-10(19)5-3-1-4-6(5)11(20)23-7(4)8(3)24-12(21)9(17)18/h3-8H,1-2H2,(H,17,18)/p-1. The lowest BCUT2D eigenvalue weighted by atomic mass is 9.78.